The van der Waals surface area contributed by atoms with Crippen LogP contribution in [0.15, 0.2) is 42.5 Å². The van der Waals surface area contributed by atoms with Gasteiger partial charge >= 0.3 is 0 Å². The number of carbonyl (C=O) groups is 1. The van der Waals surface area contributed by atoms with E-state index in [0.29, 0.717) is 28.3 Å². The Morgan fingerprint density at radius 2 is 2.08 bits per heavy atom. The summed E-state index contributed by atoms with van der Waals surface area (Å²) < 4.78 is 11.3. The van der Waals surface area contributed by atoms with Crippen molar-refractivity contribution in [2.45, 2.75) is 12.7 Å². The molecular weight excluding hydrogens is 308 g/mol. The summed E-state index contributed by atoms with van der Waals surface area (Å²) in [5.74, 6) is 0.471. The van der Waals surface area contributed by atoms with Gasteiger partial charge in [0.2, 0.25) is 6.10 Å². The van der Waals surface area contributed by atoms with Crippen molar-refractivity contribution in [3.05, 3.63) is 53.6 Å². The number of hydrogen-bond acceptors (Lipinski definition) is 5. The summed E-state index contributed by atoms with van der Waals surface area (Å²) in [4.78, 5) is 14.2. The Morgan fingerprint density at radius 1 is 1.33 bits per heavy atom. The summed E-state index contributed by atoms with van der Waals surface area (Å²) in [7, 11) is 1.49. The lowest BCUT2D eigenvalue weighted by Crippen LogP contribution is -2.41. The SMILES string of the molecule is COc1cc(CO)cc2c1OC(c1ccccc1)C(=O)N2CC#N. The van der Waals surface area contributed by atoms with Crippen molar-refractivity contribution >= 4 is 11.6 Å². The summed E-state index contributed by atoms with van der Waals surface area (Å²) in [5.41, 5.74) is 1.70. The molecular formula is C18H16N2O4. The predicted molar refractivity (Wildman–Crippen MR) is 86.7 cm³/mol. The van der Waals surface area contributed by atoms with E-state index in [1.165, 1.54) is 12.0 Å². The molecule has 0 aromatic heterocycles. The number of nitrogens with zero attached hydrogens (tertiary/aromatic N) is 2. The molecule has 1 N–H and O–H groups in total. The van der Waals surface area contributed by atoms with E-state index in [-0.39, 0.29) is 19.1 Å². The molecule has 0 aliphatic carbocycles. The molecule has 3 rings (SSSR count). The molecule has 1 heterocycles. The van der Waals surface area contributed by atoms with Gasteiger partial charge in [-0.2, -0.15) is 5.26 Å². The highest BCUT2D eigenvalue weighted by Gasteiger charge is 2.37. The first-order valence-electron chi connectivity index (χ1n) is 7.41. The van der Waals surface area contributed by atoms with Gasteiger partial charge in [0.05, 0.1) is 25.5 Å². The molecule has 0 fully saturated rings. The second kappa shape index (κ2) is 6.60. The molecule has 6 heteroatoms. The Bertz CT molecular complexity index is 799. The fourth-order valence-electron chi connectivity index (χ4n) is 2.71. The predicted octanol–water partition coefficient (Wildman–Crippen LogP) is 2.18. The van der Waals surface area contributed by atoms with Crippen molar-refractivity contribution in [3.8, 4) is 17.6 Å². The molecule has 1 aliphatic rings. The molecule has 122 valence electrons. The highest BCUT2D eigenvalue weighted by atomic mass is 16.5. The maximum Gasteiger partial charge on any atom is 0.273 e. The first kappa shape index (κ1) is 15.8. The van der Waals surface area contributed by atoms with Crippen molar-refractivity contribution in [1.29, 1.82) is 5.26 Å². The Morgan fingerprint density at radius 3 is 2.71 bits per heavy atom. The number of carbonyl (C=O) groups excluding carboxylic acids is 1. The van der Waals surface area contributed by atoms with E-state index in [0.717, 1.165) is 0 Å². The van der Waals surface area contributed by atoms with Gasteiger partial charge in [-0.15, -0.1) is 0 Å². The zero-order valence-electron chi connectivity index (χ0n) is 13.1. The lowest BCUT2D eigenvalue weighted by molar-refractivity contribution is -0.126. The summed E-state index contributed by atoms with van der Waals surface area (Å²) >= 11 is 0. The topological polar surface area (TPSA) is 82.8 Å². The van der Waals surface area contributed by atoms with Gasteiger partial charge in [0.1, 0.15) is 6.54 Å². The molecule has 1 atom stereocenters. The third-order valence-corrected chi connectivity index (χ3v) is 3.85. The lowest BCUT2D eigenvalue weighted by atomic mass is 10.0. The van der Waals surface area contributed by atoms with Crippen molar-refractivity contribution in [2.24, 2.45) is 0 Å². The fraction of sp³-hybridized carbons (Fsp3) is 0.222. The van der Waals surface area contributed by atoms with Crippen LogP contribution < -0.4 is 14.4 Å². The van der Waals surface area contributed by atoms with Gasteiger partial charge < -0.3 is 14.6 Å². The lowest BCUT2D eigenvalue weighted by Gasteiger charge is -2.34. The number of rotatable bonds is 4. The minimum atomic E-state index is -0.846. The zero-order valence-corrected chi connectivity index (χ0v) is 13.1. The Labute approximate surface area is 139 Å². The van der Waals surface area contributed by atoms with Crippen molar-refractivity contribution in [3.63, 3.8) is 0 Å². The Hall–Kier alpha value is -3.04. The van der Waals surface area contributed by atoms with Crippen LogP contribution in [-0.2, 0) is 11.4 Å². The summed E-state index contributed by atoms with van der Waals surface area (Å²) in [5, 5.41) is 18.5. The molecule has 0 spiro atoms. The van der Waals surface area contributed by atoms with Gasteiger partial charge in [-0.3, -0.25) is 9.69 Å². The van der Waals surface area contributed by atoms with Crippen LogP contribution in [-0.4, -0.2) is 24.7 Å². The quantitative estimate of drug-likeness (QED) is 0.872. The number of aliphatic hydroxyl groups excluding tert-OH is 1. The molecule has 1 unspecified atom stereocenters. The molecule has 0 bridgehead atoms. The normalized spacial score (nSPS) is 16.1. The molecule has 1 aliphatic heterocycles. The average Bonchev–Trinajstić information content (AvgIpc) is 2.63. The fourth-order valence-corrected chi connectivity index (χ4v) is 2.71. The van der Waals surface area contributed by atoms with Gasteiger partial charge in [0, 0.05) is 5.56 Å². The molecule has 0 radical (unpaired) electrons. The highest BCUT2D eigenvalue weighted by molar-refractivity contribution is 6.01. The minimum Gasteiger partial charge on any atom is -0.493 e. The first-order valence-corrected chi connectivity index (χ1v) is 7.41. The van der Waals surface area contributed by atoms with Gasteiger partial charge in [0.25, 0.3) is 5.91 Å². The Balaban J connectivity index is 2.14. The van der Waals surface area contributed by atoms with Gasteiger partial charge in [-0.25, -0.2) is 0 Å². The number of ether oxygens (including phenoxy) is 2. The second-order valence-electron chi connectivity index (χ2n) is 5.30. The Kier molecular flexibility index (Phi) is 4.36. The maximum absolute atomic E-state index is 12.8. The van der Waals surface area contributed by atoms with Crippen LogP contribution in [0.5, 0.6) is 11.5 Å². The number of nitriles is 1. The highest BCUT2D eigenvalue weighted by Crippen LogP contribution is 2.45. The summed E-state index contributed by atoms with van der Waals surface area (Å²) in [6, 6.07) is 14.4. The number of amides is 1. The molecule has 2 aromatic rings. The average molecular weight is 324 g/mol. The van der Waals surface area contributed by atoms with E-state index in [2.05, 4.69) is 0 Å². The minimum absolute atomic E-state index is 0.115. The van der Waals surface area contributed by atoms with E-state index >= 15 is 0 Å². The molecule has 1 amide bonds. The number of anilines is 1. The van der Waals surface area contributed by atoms with Gasteiger partial charge in [0.15, 0.2) is 11.5 Å². The monoisotopic (exact) mass is 324 g/mol. The summed E-state index contributed by atoms with van der Waals surface area (Å²) in [6.07, 6.45) is -0.846. The maximum atomic E-state index is 12.8. The van der Waals surface area contributed by atoms with Gasteiger partial charge in [-0.1, -0.05) is 30.3 Å². The van der Waals surface area contributed by atoms with Crippen molar-refractivity contribution in [2.75, 3.05) is 18.6 Å². The molecule has 0 saturated heterocycles. The number of fused-ring (bicyclic) bond motifs is 1. The first-order chi connectivity index (χ1) is 11.7. The van der Waals surface area contributed by atoms with E-state index in [4.69, 9.17) is 14.7 Å². The summed E-state index contributed by atoms with van der Waals surface area (Å²) in [6.45, 7) is -0.323. The molecule has 2 aromatic carbocycles. The molecule has 6 nitrogen and oxygen atoms in total. The van der Waals surface area contributed by atoms with E-state index < -0.39 is 6.10 Å². The number of hydrogen-bond donors (Lipinski definition) is 1. The number of methoxy groups -OCH3 is 1. The van der Waals surface area contributed by atoms with Crippen LogP contribution >= 0.6 is 0 Å². The van der Waals surface area contributed by atoms with Crippen LogP contribution in [0.2, 0.25) is 0 Å². The van der Waals surface area contributed by atoms with Crippen LogP contribution in [0.4, 0.5) is 5.69 Å². The van der Waals surface area contributed by atoms with E-state index in [9.17, 15) is 9.90 Å². The number of aliphatic hydroxyl groups is 1. The van der Waals surface area contributed by atoms with Crippen LogP contribution in [0.1, 0.15) is 17.2 Å². The van der Waals surface area contributed by atoms with Crippen LogP contribution in [0.3, 0.4) is 0 Å². The number of benzene rings is 2. The van der Waals surface area contributed by atoms with Crippen LogP contribution in [0.25, 0.3) is 0 Å². The second-order valence-corrected chi connectivity index (χ2v) is 5.30. The van der Waals surface area contributed by atoms with Gasteiger partial charge in [-0.05, 0) is 17.7 Å². The van der Waals surface area contributed by atoms with Crippen molar-refractivity contribution in [1.82, 2.24) is 0 Å². The molecule has 0 saturated carbocycles. The largest absolute Gasteiger partial charge is 0.493 e. The van der Waals surface area contributed by atoms with Crippen molar-refractivity contribution < 1.29 is 19.4 Å². The van der Waals surface area contributed by atoms with Crippen LogP contribution in [0, 0.1) is 11.3 Å². The zero-order chi connectivity index (χ0) is 17.1. The molecule has 24 heavy (non-hydrogen) atoms. The third-order valence-electron chi connectivity index (χ3n) is 3.85. The van der Waals surface area contributed by atoms with E-state index in [1.807, 2.05) is 24.3 Å². The van der Waals surface area contributed by atoms with E-state index in [1.54, 1.807) is 24.3 Å². The standard InChI is InChI=1S/C18H16N2O4/c1-23-15-10-12(11-21)9-14-17(15)24-16(13-5-3-2-4-6-13)18(22)20(14)8-7-19/h2-6,9-10,16,21H,8,11H2,1H3. The third kappa shape index (κ3) is 2.66. The smallest absolute Gasteiger partial charge is 0.273 e.